The molecule has 3 heteroatoms. The van der Waals surface area contributed by atoms with Crippen LogP contribution in [0.5, 0.6) is 0 Å². The highest BCUT2D eigenvalue weighted by molar-refractivity contribution is 5.78. The van der Waals surface area contributed by atoms with E-state index in [2.05, 4.69) is 24.5 Å². The summed E-state index contributed by atoms with van der Waals surface area (Å²) in [4.78, 5) is 11.9. The molecule has 15 heavy (non-hydrogen) atoms. The molecule has 88 valence electrons. The average molecular weight is 212 g/mol. The van der Waals surface area contributed by atoms with Crippen LogP contribution in [0.2, 0.25) is 0 Å². The average Bonchev–Trinajstić information content (AvgIpc) is 2.71. The van der Waals surface area contributed by atoms with Crippen LogP contribution in [0, 0.1) is 5.92 Å². The second kappa shape index (κ2) is 6.83. The predicted octanol–water partition coefficient (Wildman–Crippen LogP) is 1.68. The van der Waals surface area contributed by atoms with Crippen LogP contribution in [0.1, 0.15) is 46.0 Å². The Hall–Kier alpha value is -0.570. The maximum atomic E-state index is 11.9. The summed E-state index contributed by atoms with van der Waals surface area (Å²) in [6.45, 7) is 6.25. The zero-order chi connectivity index (χ0) is 11.1. The molecular weight excluding hydrogens is 188 g/mol. The van der Waals surface area contributed by atoms with Gasteiger partial charge < -0.3 is 10.6 Å². The number of nitrogens with one attached hydrogen (secondary N) is 2. The third kappa shape index (κ3) is 4.20. The van der Waals surface area contributed by atoms with E-state index in [1.54, 1.807) is 0 Å². The highest BCUT2D eigenvalue weighted by Gasteiger charge is 2.21. The van der Waals surface area contributed by atoms with Gasteiger partial charge in [0.25, 0.3) is 0 Å². The normalized spacial score (nSPS) is 22.7. The van der Waals surface area contributed by atoms with E-state index < -0.39 is 0 Å². The Morgan fingerprint density at radius 3 is 2.87 bits per heavy atom. The summed E-state index contributed by atoms with van der Waals surface area (Å²) >= 11 is 0. The van der Waals surface area contributed by atoms with E-state index in [1.165, 1.54) is 6.42 Å². The first-order valence-electron chi connectivity index (χ1n) is 6.29. The monoisotopic (exact) mass is 212 g/mol. The van der Waals surface area contributed by atoms with Crippen LogP contribution < -0.4 is 10.6 Å². The number of carbonyl (C=O) groups is 1. The van der Waals surface area contributed by atoms with Gasteiger partial charge in [-0.25, -0.2) is 0 Å². The zero-order valence-electron chi connectivity index (χ0n) is 10.0. The summed E-state index contributed by atoms with van der Waals surface area (Å²) in [5.41, 5.74) is 0. The highest BCUT2D eigenvalue weighted by atomic mass is 16.1. The van der Waals surface area contributed by atoms with Crippen molar-refractivity contribution in [2.24, 2.45) is 5.92 Å². The van der Waals surface area contributed by atoms with Crippen molar-refractivity contribution in [1.29, 1.82) is 0 Å². The van der Waals surface area contributed by atoms with Gasteiger partial charge in [0.1, 0.15) is 0 Å². The molecule has 0 aromatic rings. The lowest BCUT2D eigenvalue weighted by Gasteiger charge is -2.17. The van der Waals surface area contributed by atoms with Crippen LogP contribution in [0.15, 0.2) is 0 Å². The summed E-state index contributed by atoms with van der Waals surface area (Å²) in [6, 6.07) is 0.369. The number of carbonyl (C=O) groups excluding carboxylic acids is 1. The molecule has 1 fully saturated rings. The first-order chi connectivity index (χ1) is 7.27. The minimum Gasteiger partial charge on any atom is -0.352 e. The summed E-state index contributed by atoms with van der Waals surface area (Å²) in [7, 11) is 0. The summed E-state index contributed by atoms with van der Waals surface area (Å²) in [5.74, 6) is 0.491. The van der Waals surface area contributed by atoms with Crippen LogP contribution >= 0.6 is 0 Å². The van der Waals surface area contributed by atoms with E-state index in [0.29, 0.717) is 6.04 Å². The van der Waals surface area contributed by atoms with Crippen LogP contribution in [0.3, 0.4) is 0 Å². The molecule has 0 aromatic heterocycles. The second-order valence-corrected chi connectivity index (χ2v) is 4.45. The maximum absolute atomic E-state index is 11.9. The van der Waals surface area contributed by atoms with Crippen molar-refractivity contribution in [3.8, 4) is 0 Å². The lowest BCUT2D eigenvalue weighted by molar-refractivity contribution is -0.125. The van der Waals surface area contributed by atoms with Gasteiger partial charge in [0.05, 0.1) is 0 Å². The minimum atomic E-state index is 0.227. The lowest BCUT2D eigenvalue weighted by Crippen LogP contribution is -2.39. The molecule has 0 bridgehead atoms. The Labute approximate surface area is 93.0 Å². The molecule has 0 saturated carbocycles. The molecular formula is C12H24N2O. The molecule has 1 saturated heterocycles. The van der Waals surface area contributed by atoms with Crippen molar-refractivity contribution in [3.05, 3.63) is 0 Å². The Kier molecular flexibility index (Phi) is 5.69. The van der Waals surface area contributed by atoms with Crippen LogP contribution in [-0.2, 0) is 4.79 Å². The van der Waals surface area contributed by atoms with E-state index in [4.69, 9.17) is 0 Å². The quantitative estimate of drug-likeness (QED) is 0.703. The Morgan fingerprint density at radius 2 is 2.33 bits per heavy atom. The fourth-order valence-corrected chi connectivity index (χ4v) is 2.07. The number of rotatable bonds is 6. The van der Waals surface area contributed by atoms with Gasteiger partial charge in [0, 0.05) is 18.5 Å². The molecule has 2 N–H and O–H groups in total. The van der Waals surface area contributed by atoms with Gasteiger partial charge in [-0.15, -0.1) is 0 Å². The number of hydrogen-bond donors (Lipinski definition) is 2. The highest BCUT2D eigenvalue weighted by Crippen LogP contribution is 2.13. The largest absolute Gasteiger partial charge is 0.352 e. The Bertz CT molecular complexity index is 188. The maximum Gasteiger partial charge on any atom is 0.223 e. The molecule has 0 aromatic carbocycles. The van der Waals surface area contributed by atoms with Crippen molar-refractivity contribution < 1.29 is 4.79 Å². The number of amides is 1. The third-order valence-corrected chi connectivity index (χ3v) is 3.18. The molecule has 3 nitrogen and oxygen atoms in total. The van der Waals surface area contributed by atoms with Gasteiger partial charge in [-0.2, -0.15) is 0 Å². The third-order valence-electron chi connectivity index (χ3n) is 3.18. The molecule has 1 heterocycles. The SMILES string of the molecule is CCCCC(CC)C(=O)NC1CCNC1. The van der Waals surface area contributed by atoms with Gasteiger partial charge in [0.2, 0.25) is 5.91 Å². The van der Waals surface area contributed by atoms with E-state index in [-0.39, 0.29) is 11.8 Å². The van der Waals surface area contributed by atoms with Gasteiger partial charge in [0.15, 0.2) is 0 Å². The molecule has 1 aliphatic rings. The van der Waals surface area contributed by atoms with Gasteiger partial charge >= 0.3 is 0 Å². The predicted molar refractivity (Wildman–Crippen MR) is 62.7 cm³/mol. The fourth-order valence-electron chi connectivity index (χ4n) is 2.07. The second-order valence-electron chi connectivity index (χ2n) is 4.45. The van der Waals surface area contributed by atoms with Crippen molar-refractivity contribution >= 4 is 5.91 Å². The van der Waals surface area contributed by atoms with Crippen LogP contribution in [-0.4, -0.2) is 25.0 Å². The van der Waals surface area contributed by atoms with Crippen molar-refractivity contribution in [2.45, 2.75) is 52.0 Å². The number of unbranched alkanes of at least 4 members (excludes halogenated alkanes) is 1. The van der Waals surface area contributed by atoms with E-state index >= 15 is 0 Å². The van der Waals surface area contributed by atoms with Crippen molar-refractivity contribution in [3.63, 3.8) is 0 Å². The van der Waals surface area contributed by atoms with E-state index in [9.17, 15) is 4.79 Å². The van der Waals surface area contributed by atoms with E-state index in [1.807, 2.05) is 0 Å². The molecule has 1 rings (SSSR count). The summed E-state index contributed by atoms with van der Waals surface area (Å²) < 4.78 is 0. The first-order valence-corrected chi connectivity index (χ1v) is 6.29. The molecule has 2 atom stereocenters. The molecule has 1 aliphatic heterocycles. The molecule has 1 amide bonds. The lowest BCUT2D eigenvalue weighted by atomic mass is 9.98. The molecule has 2 unspecified atom stereocenters. The molecule has 0 radical (unpaired) electrons. The summed E-state index contributed by atoms with van der Waals surface area (Å²) in [5, 5.41) is 6.40. The van der Waals surface area contributed by atoms with Crippen LogP contribution in [0.25, 0.3) is 0 Å². The number of hydrogen-bond acceptors (Lipinski definition) is 2. The fraction of sp³-hybridized carbons (Fsp3) is 0.917. The summed E-state index contributed by atoms with van der Waals surface area (Å²) in [6.07, 6.45) is 5.42. The van der Waals surface area contributed by atoms with Gasteiger partial charge in [-0.1, -0.05) is 26.7 Å². The Morgan fingerprint density at radius 1 is 1.53 bits per heavy atom. The van der Waals surface area contributed by atoms with Crippen molar-refractivity contribution in [1.82, 2.24) is 10.6 Å². The van der Waals surface area contributed by atoms with Crippen LogP contribution in [0.4, 0.5) is 0 Å². The van der Waals surface area contributed by atoms with Gasteiger partial charge in [-0.05, 0) is 25.8 Å². The molecule has 0 aliphatic carbocycles. The molecule has 0 spiro atoms. The standard InChI is InChI=1S/C12H24N2O/c1-3-5-6-10(4-2)12(15)14-11-7-8-13-9-11/h10-11,13H,3-9H2,1-2H3,(H,14,15). The topological polar surface area (TPSA) is 41.1 Å². The first kappa shape index (κ1) is 12.5. The van der Waals surface area contributed by atoms with Crippen molar-refractivity contribution in [2.75, 3.05) is 13.1 Å². The minimum absolute atomic E-state index is 0.227. The zero-order valence-corrected chi connectivity index (χ0v) is 10.0. The Balaban J connectivity index is 2.28. The smallest absolute Gasteiger partial charge is 0.223 e. The van der Waals surface area contributed by atoms with Gasteiger partial charge in [-0.3, -0.25) is 4.79 Å². The van der Waals surface area contributed by atoms with E-state index in [0.717, 1.165) is 38.8 Å².